The molecule has 0 unspecified atom stereocenters. The average Bonchev–Trinajstić information content (AvgIpc) is 2.45. The molecular formula is C16H19N3O. The SMILES string of the molecule is Cc1cccc(C(=O)NCc2ccccc2N(C)C)n1. The number of hydrogen-bond acceptors (Lipinski definition) is 3. The molecule has 0 spiro atoms. The van der Waals surface area contributed by atoms with Crippen molar-refractivity contribution in [3.63, 3.8) is 0 Å². The van der Waals surface area contributed by atoms with E-state index in [2.05, 4.69) is 10.3 Å². The Hall–Kier alpha value is -2.36. The second kappa shape index (κ2) is 6.19. The first-order valence-electron chi connectivity index (χ1n) is 6.55. The van der Waals surface area contributed by atoms with Crippen LogP contribution >= 0.6 is 0 Å². The number of anilines is 1. The molecule has 0 aliphatic carbocycles. The Labute approximate surface area is 119 Å². The molecule has 0 saturated carbocycles. The number of benzene rings is 1. The summed E-state index contributed by atoms with van der Waals surface area (Å²) in [6.45, 7) is 2.36. The third-order valence-electron chi connectivity index (χ3n) is 3.03. The van der Waals surface area contributed by atoms with Gasteiger partial charge in [0.2, 0.25) is 0 Å². The molecule has 0 saturated heterocycles. The van der Waals surface area contributed by atoms with Crippen LogP contribution in [0, 0.1) is 6.92 Å². The molecule has 0 atom stereocenters. The van der Waals surface area contributed by atoms with Gasteiger partial charge in [-0.05, 0) is 30.7 Å². The van der Waals surface area contributed by atoms with Gasteiger partial charge < -0.3 is 10.2 Å². The Bertz CT molecular complexity index is 608. The zero-order valence-electron chi connectivity index (χ0n) is 12.1. The van der Waals surface area contributed by atoms with E-state index in [4.69, 9.17) is 0 Å². The summed E-state index contributed by atoms with van der Waals surface area (Å²) in [5.41, 5.74) is 3.47. The second-order valence-corrected chi connectivity index (χ2v) is 4.87. The average molecular weight is 269 g/mol. The molecule has 4 heteroatoms. The molecule has 1 amide bonds. The monoisotopic (exact) mass is 269 g/mol. The number of carbonyl (C=O) groups excluding carboxylic acids is 1. The summed E-state index contributed by atoms with van der Waals surface area (Å²) in [5, 5.41) is 2.91. The Morgan fingerprint density at radius 2 is 1.90 bits per heavy atom. The predicted octanol–water partition coefficient (Wildman–Crippen LogP) is 2.39. The molecule has 0 fully saturated rings. The molecule has 0 aliphatic rings. The molecule has 104 valence electrons. The van der Waals surface area contributed by atoms with E-state index < -0.39 is 0 Å². The Kier molecular flexibility index (Phi) is 4.35. The molecule has 1 N–H and O–H groups in total. The van der Waals surface area contributed by atoms with Crippen molar-refractivity contribution in [2.45, 2.75) is 13.5 Å². The van der Waals surface area contributed by atoms with Gasteiger partial charge in [-0.1, -0.05) is 24.3 Å². The van der Waals surface area contributed by atoms with Gasteiger partial charge in [0.05, 0.1) is 0 Å². The van der Waals surface area contributed by atoms with Crippen LogP contribution in [-0.4, -0.2) is 25.0 Å². The normalized spacial score (nSPS) is 10.2. The Morgan fingerprint density at radius 1 is 1.15 bits per heavy atom. The summed E-state index contributed by atoms with van der Waals surface area (Å²) in [7, 11) is 3.98. The molecule has 0 radical (unpaired) electrons. The highest BCUT2D eigenvalue weighted by Crippen LogP contribution is 2.17. The van der Waals surface area contributed by atoms with Gasteiger partial charge in [-0.2, -0.15) is 0 Å². The first kappa shape index (κ1) is 14.1. The number of rotatable bonds is 4. The third-order valence-corrected chi connectivity index (χ3v) is 3.03. The van der Waals surface area contributed by atoms with Gasteiger partial charge in [0.1, 0.15) is 5.69 Å². The smallest absolute Gasteiger partial charge is 0.270 e. The van der Waals surface area contributed by atoms with Crippen LogP contribution in [0.2, 0.25) is 0 Å². The number of para-hydroxylation sites is 1. The number of aromatic nitrogens is 1. The lowest BCUT2D eigenvalue weighted by atomic mass is 10.1. The number of carbonyl (C=O) groups is 1. The van der Waals surface area contributed by atoms with Crippen molar-refractivity contribution in [1.82, 2.24) is 10.3 Å². The number of nitrogens with zero attached hydrogens (tertiary/aromatic N) is 2. The molecule has 1 aromatic carbocycles. The topological polar surface area (TPSA) is 45.2 Å². The van der Waals surface area contributed by atoms with E-state index in [0.29, 0.717) is 12.2 Å². The quantitative estimate of drug-likeness (QED) is 0.927. The van der Waals surface area contributed by atoms with Crippen LogP contribution in [0.5, 0.6) is 0 Å². The lowest BCUT2D eigenvalue weighted by Gasteiger charge is -2.17. The van der Waals surface area contributed by atoms with Crippen molar-refractivity contribution in [3.8, 4) is 0 Å². The number of aryl methyl sites for hydroxylation is 1. The molecule has 0 aliphatic heterocycles. The number of pyridine rings is 1. The first-order chi connectivity index (χ1) is 9.58. The van der Waals surface area contributed by atoms with E-state index in [0.717, 1.165) is 16.9 Å². The first-order valence-corrected chi connectivity index (χ1v) is 6.55. The summed E-state index contributed by atoms with van der Waals surface area (Å²) >= 11 is 0. The molecule has 2 rings (SSSR count). The van der Waals surface area contributed by atoms with Crippen LogP contribution in [0.4, 0.5) is 5.69 Å². The highest BCUT2D eigenvalue weighted by molar-refractivity contribution is 5.92. The van der Waals surface area contributed by atoms with E-state index in [9.17, 15) is 4.79 Å². The molecule has 1 heterocycles. The van der Waals surface area contributed by atoms with Gasteiger partial charge in [0.25, 0.3) is 5.91 Å². The van der Waals surface area contributed by atoms with Crippen LogP contribution in [-0.2, 0) is 6.54 Å². The van der Waals surface area contributed by atoms with Crippen LogP contribution in [0.15, 0.2) is 42.5 Å². The number of hydrogen-bond donors (Lipinski definition) is 1. The molecular weight excluding hydrogens is 250 g/mol. The van der Waals surface area contributed by atoms with Crippen LogP contribution in [0.1, 0.15) is 21.7 Å². The van der Waals surface area contributed by atoms with E-state index >= 15 is 0 Å². The van der Waals surface area contributed by atoms with Gasteiger partial charge in [-0.25, -0.2) is 4.98 Å². The minimum atomic E-state index is -0.151. The van der Waals surface area contributed by atoms with Crippen LogP contribution in [0.25, 0.3) is 0 Å². The van der Waals surface area contributed by atoms with Gasteiger partial charge in [0, 0.05) is 32.0 Å². The van der Waals surface area contributed by atoms with Crippen molar-refractivity contribution < 1.29 is 4.79 Å². The van der Waals surface area contributed by atoms with Gasteiger partial charge >= 0.3 is 0 Å². The van der Waals surface area contributed by atoms with Crippen molar-refractivity contribution in [3.05, 3.63) is 59.4 Å². The van der Waals surface area contributed by atoms with Gasteiger partial charge in [0.15, 0.2) is 0 Å². The van der Waals surface area contributed by atoms with E-state index in [-0.39, 0.29) is 5.91 Å². The Balaban J connectivity index is 2.07. The van der Waals surface area contributed by atoms with Crippen LogP contribution in [0.3, 0.4) is 0 Å². The largest absolute Gasteiger partial charge is 0.377 e. The van der Waals surface area contributed by atoms with Crippen molar-refractivity contribution in [2.75, 3.05) is 19.0 Å². The fourth-order valence-corrected chi connectivity index (χ4v) is 2.03. The zero-order chi connectivity index (χ0) is 14.5. The maximum absolute atomic E-state index is 12.1. The van der Waals surface area contributed by atoms with Crippen molar-refractivity contribution in [2.24, 2.45) is 0 Å². The maximum Gasteiger partial charge on any atom is 0.270 e. The minimum absolute atomic E-state index is 0.151. The number of amides is 1. The minimum Gasteiger partial charge on any atom is -0.377 e. The van der Waals surface area contributed by atoms with Crippen molar-refractivity contribution in [1.29, 1.82) is 0 Å². The standard InChI is InChI=1S/C16H19N3O/c1-12-7-6-9-14(18-12)16(20)17-11-13-8-4-5-10-15(13)19(2)3/h4-10H,11H2,1-3H3,(H,17,20). The second-order valence-electron chi connectivity index (χ2n) is 4.87. The number of nitrogens with one attached hydrogen (secondary N) is 1. The summed E-state index contributed by atoms with van der Waals surface area (Å²) < 4.78 is 0. The summed E-state index contributed by atoms with van der Waals surface area (Å²) in [6.07, 6.45) is 0. The molecule has 4 nitrogen and oxygen atoms in total. The summed E-state index contributed by atoms with van der Waals surface area (Å²) in [5.74, 6) is -0.151. The maximum atomic E-state index is 12.1. The Morgan fingerprint density at radius 3 is 2.60 bits per heavy atom. The zero-order valence-corrected chi connectivity index (χ0v) is 12.1. The molecule has 2 aromatic rings. The third kappa shape index (κ3) is 3.35. The summed E-state index contributed by atoms with van der Waals surface area (Å²) in [6, 6.07) is 13.4. The van der Waals surface area contributed by atoms with E-state index in [1.54, 1.807) is 6.07 Å². The predicted molar refractivity (Wildman–Crippen MR) is 80.9 cm³/mol. The fourth-order valence-electron chi connectivity index (χ4n) is 2.03. The van der Waals surface area contributed by atoms with E-state index in [1.807, 2.05) is 62.3 Å². The highest BCUT2D eigenvalue weighted by Gasteiger charge is 2.09. The fraction of sp³-hybridized carbons (Fsp3) is 0.250. The lowest BCUT2D eigenvalue weighted by molar-refractivity contribution is 0.0946. The lowest BCUT2D eigenvalue weighted by Crippen LogP contribution is -2.25. The molecule has 0 bridgehead atoms. The van der Waals surface area contributed by atoms with Crippen LogP contribution < -0.4 is 10.2 Å². The summed E-state index contributed by atoms with van der Waals surface area (Å²) in [4.78, 5) is 18.3. The van der Waals surface area contributed by atoms with E-state index in [1.165, 1.54) is 0 Å². The van der Waals surface area contributed by atoms with Crippen molar-refractivity contribution >= 4 is 11.6 Å². The molecule has 20 heavy (non-hydrogen) atoms. The highest BCUT2D eigenvalue weighted by atomic mass is 16.1. The molecule has 1 aromatic heterocycles. The van der Waals surface area contributed by atoms with Gasteiger partial charge in [-0.3, -0.25) is 4.79 Å². The van der Waals surface area contributed by atoms with Gasteiger partial charge in [-0.15, -0.1) is 0 Å².